The lowest BCUT2D eigenvalue weighted by atomic mass is 9.88. The monoisotopic (exact) mass is 244 g/mol. The van der Waals surface area contributed by atoms with Crippen molar-refractivity contribution in [2.75, 3.05) is 6.54 Å². The number of hydrogen-bond donors (Lipinski definition) is 3. The van der Waals surface area contributed by atoms with Crippen molar-refractivity contribution in [3.05, 3.63) is 36.0 Å². The number of nitrogens with one attached hydrogen (secondary N) is 2. The van der Waals surface area contributed by atoms with E-state index in [0.29, 0.717) is 6.42 Å². The van der Waals surface area contributed by atoms with E-state index in [4.69, 9.17) is 5.11 Å². The summed E-state index contributed by atoms with van der Waals surface area (Å²) >= 11 is 0. The Balaban J connectivity index is 1.86. The number of hydrogen-bond acceptors (Lipinski definition) is 2. The lowest BCUT2D eigenvalue weighted by Crippen LogP contribution is -2.34. The SMILES string of the molecule is O=C(O)C1CCNC(c2ccc3[nH]ccc3c2)C1. The number of aliphatic carboxylic acids is 1. The van der Waals surface area contributed by atoms with Gasteiger partial charge >= 0.3 is 5.97 Å². The van der Waals surface area contributed by atoms with Gasteiger partial charge in [0.25, 0.3) is 0 Å². The molecule has 94 valence electrons. The first kappa shape index (κ1) is 11.3. The van der Waals surface area contributed by atoms with Gasteiger partial charge in [0.1, 0.15) is 0 Å². The number of fused-ring (bicyclic) bond motifs is 1. The second-order valence-electron chi connectivity index (χ2n) is 4.89. The third-order valence-electron chi connectivity index (χ3n) is 3.73. The normalized spacial score (nSPS) is 24.2. The van der Waals surface area contributed by atoms with Gasteiger partial charge in [-0.1, -0.05) is 6.07 Å². The smallest absolute Gasteiger partial charge is 0.306 e. The highest BCUT2D eigenvalue weighted by molar-refractivity contribution is 5.80. The average molecular weight is 244 g/mol. The molecule has 2 atom stereocenters. The minimum absolute atomic E-state index is 0.152. The van der Waals surface area contributed by atoms with Crippen LogP contribution in [0, 0.1) is 5.92 Å². The summed E-state index contributed by atoms with van der Waals surface area (Å²) < 4.78 is 0. The third kappa shape index (κ3) is 1.99. The number of carboxylic acids is 1. The zero-order valence-corrected chi connectivity index (χ0v) is 10.0. The summed E-state index contributed by atoms with van der Waals surface area (Å²) in [5.74, 6) is -0.901. The van der Waals surface area contributed by atoms with E-state index in [-0.39, 0.29) is 12.0 Å². The molecule has 0 saturated carbocycles. The molecule has 0 bridgehead atoms. The number of H-pyrrole nitrogens is 1. The van der Waals surface area contributed by atoms with Gasteiger partial charge in [-0.25, -0.2) is 0 Å². The fourth-order valence-electron chi connectivity index (χ4n) is 2.68. The molecule has 1 aliphatic rings. The summed E-state index contributed by atoms with van der Waals surface area (Å²) in [7, 11) is 0. The van der Waals surface area contributed by atoms with Gasteiger partial charge in [0.15, 0.2) is 0 Å². The van der Waals surface area contributed by atoms with E-state index in [1.54, 1.807) is 0 Å². The molecule has 18 heavy (non-hydrogen) atoms. The van der Waals surface area contributed by atoms with Gasteiger partial charge in [-0.2, -0.15) is 0 Å². The summed E-state index contributed by atoms with van der Waals surface area (Å²) in [6.07, 6.45) is 3.31. The first-order chi connectivity index (χ1) is 8.74. The standard InChI is InChI=1S/C14H16N2O2/c17-14(18)11-4-6-16-13(8-11)9-1-2-12-10(7-9)3-5-15-12/h1-3,5,7,11,13,15-16H,4,6,8H2,(H,17,18). The molecule has 2 unspecified atom stereocenters. The van der Waals surface area contributed by atoms with Crippen molar-refractivity contribution in [3.8, 4) is 0 Å². The van der Waals surface area contributed by atoms with Crippen LogP contribution in [0.2, 0.25) is 0 Å². The largest absolute Gasteiger partial charge is 0.481 e. The van der Waals surface area contributed by atoms with E-state index in [0.717, 1.165) is 18.5 Å². The summed E-state index contributed by atoms with van der Waals surface area (Å²) in [6.45, 7) is 0.771. The van der Waals surface area contributed by atoms with E-state index >= 15 is 0 Å². The van der Waals surface area contributed by atoms with Gasteiger partial charge in [-0.05, 0) is 48.5 Å². The Kier molecular flexibility index (Phi) is 2.80. The van der Waals surface area contributed by atoms with Crippen molar-refractivity contribution < 1.29 is 9.90 Å². The first-order valence-electron chi connectivity index (χ1n) is 6.27. The summed E-state index contributed by atoms with van der Waals surface area (Å²) in [4.78, 5) is 14.2. The van der Waals surface area contributed by atoms with Crippen LogP contribution in [0.5, 0.6) is 0 Å². The minimum atomic E-state index is -0.677. The van der Waals surface area contributed by atoms with Crippen LogP contribution >= 0.6 is 0 Å². The molecule has 4 heteroatoms. The molecular weight excluding hydrogens is 228 g/mol. The van der Waals surface area contributed by atoms with Gasteiger partial charge in [0.2, 0.25) is 0 Å². The van der Waals surface area contributed by atoms with Crippen LogP contribution in [0.3, 0.4) is 0 Å². The molecule has 1 aromatic carbocycles. The maximum Gasteiger partial charge on any atom is 0.306 e. The van der Waals surface area contributed by atoms with E-state index in [1.165, 1.54) is 10.9 Å². The Morgan fingerprint density at radius 3 is 3.06 bits per heavy atom. The summed E-state index contributed by atoms with van der Waals surface area (Å²) in [5.41, 5.74) is 2.29. The van der Waals surface area contributed by atoms with Crippen molar-refractivity contribution in [2.45, 2.75) is 18.9 Å². The van der Waals surface area contributed by atoms with Crippen molar-refractivity contribution in [2.24, 2.45) is 5.92 Å². The third-order valence-corrected chi connectivity index (χ3v) is 3.73. The second-order valence-corrected chi connectivity index (χ2v) is 4.89. The van der Waals surface area contributed by atoms with Crippen LogP contribution in [0.15, 0.2) is 30.5 Å². The van der Waals surface area contributed by atoms with Gasteiger partial charge < -0.3 is 15.4 Å². The number of carbonyl (C=O) groups is 1. The van der Waals surface area contributed by atoms with Gasteiger partial charge in [-0.15, -0.1) is 0 Å². The van der Waals surface area contributed by atoms with Gasteiger partial charge in [0.05, 0.1) is 5.92 Å². The van der Waals surface area contributed by atoms with Gasteiger partial charge in [-0.3, -0.25) is 4.79 Å². The molecule has 0 amide bonds. The van der Waals surface area contributed by atoms with Crippen LogP contribution in [0.25, 0.3) is 10.9 Å². The highest BCUT2D eigenvalue weighted by Crippen LogP contribution is 2.29. The van der Waals surface area contributed by atoms with Crippen LogP contribution in [-0.4, -0.2) is 22.6 Å². The Labute approximate surface area is 105 Å². The summed E-state index contributed by atoms with van der Waals surface area (Å²) in [5, 5.41) is 13.7. The van der Waals surface area contributed by atoms with Crippen LogP contribution < -0.4 is 5.32 Å². The topological polar surface area (TPSA) is 65.1 Å². The predicted octanol–water partition coefficient (Wildman–Crippen LogP) is 2.29. The average Bonchev–Trinajstić information content (AvgIpc) is 2.86. The Morgan fingerprint density at radius 2 is 2.22 bits per heavy atom. The minimum Gasteiger partial charge on any atom is -0.481 e. The Hall–Kier alpha value is -1.81. The molecule has 0 aliphatic carbocycles. The molecular formula is C14H16N2O2. The first-order valence-corrected chi connectivity index (χ1v) is 6.27. The zero-order valence-electron chi connectivity index (χ0n) is 10.0. The van der Waals surface area contributed by atoms with Crippen molar-refractivity contribution in [1.29, 1.82) is 0 Å². The number of benzene rings is 1. The zero-order chi connectivity index (χ0) is 12.5. The molecule has 1 fully saturated rings. The predicted molar refractivity (Wildman–Crippen MR) is 69.4 cm³/mol. The Morgan fingerprint density at radius 1 is 1.33 bits per heavy atom. The molecule has 0 radical (unpaired) electrons. The number of carboxylic acid groups (broad SMARTS) is 1. The molecule has 1 aliphatic heterocycles. The quantitative estimate of drug-likeness (QED) is 0.759. The fourth-order valence-corrected chi connectivity index (χ4v) is 2.68. The van der Waals surface area contributed by atoms with Crippen LogP contribution in [0.1, 0.15) is 24.4 Å². The molecule has 0 spiro atoms. The molecule has 3 N–H and O–H groups in total. The highest BCUT2D eigenvalue weighted by atomic mass is 16.4. The van der Waals surface area contributed by atoms with E-state index in [2.05, 4.69) is 28.5 Å². The Bertz CT molecular complexity index is 576. The number of aromatic amines is 1. The van der Waals surface area contributed by atoms with Crippen LogP contribution in [0.4, 0.5) is 0 Å². The number of rotatable bonds is 2. The highest BCUT2D eigenvalue weighted by Gasteiger charge is 2.27. The number of piperidine rings is 1. The maximum absolute atomic E-state index is 11.1. The van der Waals surface area contributed by atoms with Crippen molar-refractivity contribution in [3.63, 3.8) is 0 Å². The van der Waals surface area contributed by atoms with Gasteiger partial charge in [0, 0.05) is 17.8 Å². The fraction of sp³-hybridized carbons (Fsp3) is 0.357. The molecule has 1 aromatic heterocycles. The lowest BCUT2D eigenvalue weighted by molar-refractivity contribution is -0.143. The molecule has 4 nitrogen and oxygen atoms in total. The number of aromatic nitrogens is 1. The maximum atomic E-state index is 11.1. The molecule has 2 heterocycles. The van der Waals surface area contributed by atoms with E-state index < -0.39 is 5.97 Å². The van der Waals surface area contributed by atoms with Crippen molar-refractivity contribution >= 4 is 16.9 Å². The molecule has 3 rings (SSSR count). The van der Waals surface area contributed by atoms with E-state index in [9.17, 15) is 4.79 Å². The molecule has 1 saturated heterocycles. The lowest BCUT2D eigenvalue weighted by Gasteiger charge is -2.28. The summed E-state index contributed by atoms with van der Waals surface area (Å²) in [6, 6.07) is 8.45. The van der Waals surface area contributed by atoms with E-state index in [1.807, 2.05) is 12.3 Å². The van der Waals surface area contributed by atoms with Crippen molar-refractivity contribution in [1.82, 2.24) is 10.3 Å². The second kappa shape index (κ2) is 4.46. The molecule has 2 aromatic rings. The van der Waals surface area contributed by atoms with Crippen LogP contribution in [-0.2, 0) is 4.79 Å².